The number of hydrogen-bond acceptors (Lipinski definition) is 5. The summed E-state index contributed by atoms with van der Waals surface area (Å²) in [6.07, 6.45) is 1.10. The summed E-state index contributed by atoms with van der Waals surface area (Å²) in [5, 5.41) is 8.37. The van der Waals surface area contributed by atoms with E-state index in [1.807, 2.05) is 0 Å². The molecule has 3 aromatic rings. The zero-order valence-electron chi connectivity index (χ0n) is 18.1. The van der Waals surface area contributed by atoms with Crippen LogP contribution in [0.2, 0.25) is 0 Å². The predicted octanol–water partition coefficient (Wildman–Crippen LogP) is 4.24. The quantitative estimate of drug-likeness (QED) is 0.506. The number of benzene rings is 2. The van der Waals surface area contributed by atoms with Gasteiger partial charge in [0, 0.05) is 42.0 Å². The third kappa shape index (κ3) is 5.92. The van der Waals surface area contributed by atoms with E-state index in [0.717, 1.165) is 60.7 Å². The largest absolute Gasteiger partial charge is 0.384 e. The summed E-state index contributed by atoms with van der Waals surface area (Å²) < 4.78 is 0. The Labute approximate surface area is 174 Å². The molecule has 0 saturated heterocycles. The molecule has 0 saturated carbocycles. The second-order valence-corrected chi connectivity index (χ2v) is 7.93. The van der Waals surface area contributed by atoms with E-state index in [2.05, 4.69) is 103 Å². The number of rotatable bonds is 10. The highest BCUT2D eigenvalue weighted by Gasteiger charge is 2.10. The van der Waals surface area contributed by atoms with Crippen LogP contribution in [0.25, 0.3) is 22.2 Å². The van der Waals surface area contributed by atoms with Gasteiger partial charge in [0.15, 0.2) is 0 Å². The first kappa shape index (κ1) is 21.1. The fourth-order valence-electron chi connectivity index (χ4n) is 3.35. The molecular weight excluding hydrogens is 358 g/mol. The Kier molecular flexibility index (Phi) is 7.44. The Morgan fingerprint density at radius 1 is 0.759 bits per heavy atom. The van der Waals surface area contributed by atoms with Crippen LogP contribution < -0.4 is 10.6 Å². The van der Waals surface area contributed by atoms with Gasteiger partial charge in [0.2, 0.25) is 0 Å². The maximum Gasteiger partial charge on any atom is 0.0751 e. The summed E-state index contributed by atoms with van der Waals surface area (Å²) in [6, 6.07) is 19.0. The molecule has 0 fully saturated rings. The molecule has 2 aromatic carbocycles. The number of aromatic nitrogens is 1. The van der Waals surface area contributed by atoms with E-state index >= 15 is 0 Å². The summed E-state index contributed by atoms with van der Waals surface area (Å²) in [6.45, 7) is 3.89. The summed E-state index contributed by atoms with van der Waals surface area (Å²) >= 11 is 0. The maximum absolute atomic E-state index is 4.97. The second-order valence-electron chi connectivity index (χ2n) is 7.93. The molecule has 0 bridgehead atoms. The molecule has 5 heteroatoms. The highest BCUT2D eigenvalue weighted by molar-refractivity contribution is 5.94. The van der Waals surface area contributed by atoms with Crippen LogP contribution in [0.1, 0.15) is 6.42 Å². The Morgan fingerprint density at radius 3 is 2.24 bits per heavy atom. The van der Waals surface area contributed by atoms with Gasteiger partial charge in [-0.2, -0.15) is 0 Å². The van der Waals surface area contributed by atoms with Gasteiger partial charge in [0.25, 0.3) is 0 Å². The highest BCUT2D eigenvalue weighted by atomic mass is 15.1. The lowest BCUT2D eigenvalue weighted by Crippen LogP contribution is -2.21. The van der Waals surface area contributed by atoms with Crippen molar-refractivity contribution < 1.29 is 0 Å². The van der Waals surface area contributed by atoms with Crippen LogP contribution in [-0.2, 0) is 0 Å². The molecule has 0 aliphatic heterocycles. The summed E-state index contributed by atoms with van der Waals surface area (Å²) in [5.41, 5.74) is 5.41. The molecule has 1 heterocycles. The fraction of sp³-hybridized carbons (Fsp3) is 0.375. The lowest BCUT2D eigenvalue weighted by molar-refractivity contribution is 0.405. The van der Waals surface area contributed by atoms with Gasteiger partial charge in [-0.25, -0.2) is 4.98 Å². The topological polar surface area (TPSA) is 43.4 Å². The van der Waals surface area contributed by atoms with Gasteiger partial charge in [-0.05, 0) is 59.4 Å². The van der Waals surface area contributed by atoms with Gasteiger partial charge < -0.3 is 20.4 Å². The molecule has 1 aromatic heterocycles. The van der Waals surface area contributed by atoms with E-state index < -0.39 is 0 Å². The van der Waals surface area contributed by atoms with Crippen molar-refractivity contribution in [2.75, 3.05) is 65.0 Å². The van der Waals surface area contributed by atoms with Crippen molar-refractivity contribution >= 4 is 22.3 Å². The number of likely N-dealkylation sites (N-methyl/N-ethyl adjacent to an activating group) is 1. The molecular formula is C24H33N5. The van der Waals surface area contributed by atoms with E-state index in [1.165, 1.54) is 5.39 Å². The van der Waals surface area contributed by atoms with Crippen LogP contribution in [0.5, 0.6) is 0 Å². The van der Waals surface area contributed by atoms with Crippen LogP contribution in [0, 0.1) is 0 Å². The lowest BCUT2D eigenvalue weighted by atomic mass is 10.1. The van der Waals surface area contributed by atoms with E-state index in [1.54, 1.807) is 0 Å². The number of pyridine rings is 1. The third-order valence-corrected chi connectivity index (χ3v) is 4.89. The average Bonchev–Trinajstić information content (AvgIpc) is 2.71. The van der Waals surface area contributed by atoms with Crippen LogP contribution >= 0.6 is 0 Å². The molecule has 5 nitrogen and oxygen atoms in total. The van der Waals surface area contributed by atoms with E-state index in [4.69, 9.17) is 4.98 Å². The average molecular weight is 392 g/mol. The van der Waals surface area contributed by atoms with Crippen molar-refractivity contribution in [3.8, 4) is 11.3 Å². The molecule has 0 aliphatic rings. The summed E-state index contributed by atoms with van der Waals surface area (Å²) in [7, 11) is 8.40. The second kappa shape index (κ2) is 10.2. The van der Waals surface area contributed by atoms with E-state index in [0.29, 0.717) is 0 Å². The van der Waals surface area contributed by atoms with Crippen molar-refractivity contribution in [1.29, 1.82) is 0 Å². The Hall–Kier alpha value is -2.63. The first-order chi connectivity index (χ1) is 14.0. The van der Waals surface area contributed by atoms with Crippen LogP contribution in [0.4, 0.5) is 11.4 Å². The molecule has 0 amide bonds. The highest BCUT2D eigenvalue weighted by Crippen LogP contribution is 2.32. The van der Waals surface area contributed by atoms with Crippen LogP contribution in [0.15, 0.2) is 54.6 Å². The monoisotopic (exact) mass is 391 g/mol. The number of anilines is 2. The first-order valence-electron chi connectivity index (χ1n) is 10.3. The van der Waals surface area contributed by atoms with Gasteiger partial charge in [0.05, 0.1) is 11.2 Å². The minimum absolute atomic E-state index is 0.896. The molecule has 0 aliphatic carbocycles. The maximum atomic E-state index is 4.97. The lowest BCUT2D eigenvalue weighted by Gasteiger charge is -2.16. The number of para-hydroxylation sites is 2. The number of hydrogen-bond donors (Lipinski definition) is 2. The standard InChI is InChI=1S/C24H33N5/c1-28(2)16-9-14-25-23-18-24(27-22-13-8-6-11-20(22)23)19-10-5-7-12-21(19)26-15-17-29(3)4/h5-8,10-13,18,26H,9,14-17H2,1-4H3,(H,25,27). The number of fused-ring (bicyclic) bond motifs is 1. The van der Waals surface area contributed by atoms with E-state index in [-0.39, 0.29) is 0 Å². The summed E-state index contributed by atoms with van der Waals surface area (Å²) in [4.78, 5) is 9.36. The Bertz CT molecular complexity index is 920. The molecule has 0 radical (unpaired) electrons. The van der Waals surface area contributed by atoms with Gasteiger partial charge in [0.1, 0.15) is 0 Å². The van der Waals surface area contributed by atoms with Crippen molar-refractivity contribution in [3.63, 3.8) is 0 Å². The zero-order chi connectivity index (χ0) is 20.6. The van der Waals surface area contributed by atoms with Crippen molar-refractivity contribution in [2.24, 2.45) is 0 Å². The molecule has 0 atom stereocenters. The molecule has 2 N–H and O–H groups in total. The zero-order valence-corrected chi connectivity index (χ0v) is 18.1. The van der Waals surface area contributed by atoms with Crippen molar-refractivity contribution in [2.45, 2.75) is 6.42 Å². The fourth-order valence-corrected chi connectivity index (χ4v) is 3.35. The third-order valence-electron chi connectivity index (χ3n) is 4.89. The summed E-state index contributed by atoms with van der Waals surface area (Å²) in [5.74, 6) is 0. The minimum atomic E-state index is 0.896. The molecule has 154 valence electrons. The van der Waals surface area contributed by atoms with Gasteiger partial charge in [-0.15, -0.1) is 0 Å². The Balaban J connectivity index is 1.90. The first-order valence-corrected chi connectivity index (χ1v) is 10.3. The van der Waals surface area contributed by atoms with Crippen molar-refractivity contribution in [3.05, 3.63) is 54.6 Å². The smallest absolute Gasteiger partial charge is 0.0751 e. The minimum Gasteiger partial charge on any atom is -0.384 e. The SMILES string of the molecule is CN(C)CCCNc1cc(-c2ccccc2NCCN(C)C)nc2ccccc12. The molecule has 0 spiro atoms. The van der Waals surface area contributed by atoms with Crippen LogP contribution in [-0.4, -0.2) is 69.2 Å². The number of nitrogens with zero attached hydrogens (tertiary/aromatic N) is 3. The van der Waals surface area contributed by atoms with Gasteiger partial charge in [-0.3, -0.25) is 0 Å². The normalized spacial score (nSPS) is 11.4. The molecule has 3 rings (SSSR count). The predicted molar refractivity (Wildman–Crippen MR) is 126 cm³/mol. The molecule has 0 unspecified atom stereocenters. The van der Waals surface area contributed by atoms with Crippen molar-refractivity contribution in [1.82, 2.24) is 14.8 Å². The Morgan fingerprint density at radius 2 is 1.45 bits per heavy atom. The number of nitrogens with one attached hydrogen (secondary N) is 2. The van der Waals surface area contributed by atoms with Gasteiger partial charge in [-0.1, -0.05) is 36.4 Å². The molecule has 29 heavy (non-hydrogen) atoms. The van der Waals surface area contributed by atoms with E-state index in [9.17, 15) is 0 Å². The van der Waals surface area contributed by atoms with Gasteiger partial charge >= 0.3 is 0 Å². The van der Waals surface area contributed by atoms with Crippen LogP contribution in [0.3, 0.4) is 0 Å².